The minimum Gasteiger partial charge on any atom is -0.310 e. The van der Waals surface area contributed by atoms with Crippen molar-refractivity contribution in [2.45, 2.75) is 5.41 Å². The molecule has 0 atom stereocenters. The zero-order valence-electron chi connectivity index (χ0n) is 30.8. The second kappa shape index (κ2) is 13.0. The van der Waals surface area contributed by atoms with Gasteiger partial charge < -0.3 is 4.90 Å². The zero-order valence-corrected chi connectivity index (χ0v) is 30.8. The number of hydrogen-bond acceptors (Lipinski definition) is 1. The molecule has 0 aromatic heterocycles. The summed E-state index contributed by atoms with van der Waals surface area (Å²) >= 11 is 0. The Balaban J connectivity index is 1.18. The summed E-state index contributed by atoms with van der Waals surface area (Å²) in [6.45, 7) is 0. The highest BCUT2D eigenvalue weighted by Crippen LogP contribution is 2.65. The Hall–Kier alpha value is -7.22. The quantitative estimate of drug-likeness (QED) is 0.166. The van der Waals surface area contributed by atoms with Gasteiger partial charge in [-0.25, -0.2) is 0 Å². The summed E-state index contributed by atoms with van der Waals surface area (Å²) in [7, 11) is 0. The number of anilines is 3. The topological polar surface area (TPSA) is 3.24 Å². The Kier molecular flexibility index (Phi) is 7.47. The van der Waals surface area contributed by atoms with Gasteiger partial charge in [0, 0.05) is 16.9 Å². The molecule has 56 heavy (non-hydrogen) atoms. The summed E-state index contributed by atoms with van der Waals surface area (Å²) in [6.07, 6.45) is 0. The number of benzene rings is 9. The molecule has 262 valence electrons. The van der Waals surface area contributed by atoms with Crippen molar-refractivity contribution in [2.75, 3.05) is 4.90 Å². The maximum Gasteiger partial charge on any atom is 0.0726 e. The normalized spacial score (nSPS) is 12.8. The molecule has 0 fully saturated rings. The molecular weight excluding hydrogens is 675 g/mol. The summed E-state index contributed by atoms with van der Waals surface area (Å²) < 4.78 is 0. The predicted octanol–water partition coefficient (Wildman–Crippen LogP) is 14.5. The summed E-state index contributed by atoms with van der Waals surface area (Å²) in [4.78, 5) is 2.46. The Morgan fingerprint density at radius 2 is 0.679 bits per heavy atom. The minimum atomic E-state index is -0.474. The minimum absolute atomic E-state index is 0.474. The Morgan fingerprint density at radius 1 is 0.268 bits per heavy atom. The molecule has 1 spiro atoms. The van der Waals surface area contributed by atoms with Gasteiger partial charge in [0.15, 0.2) is 0 Å². The van der Waals surface area contributed by atoms with Crippen LogP contribution in [0, 0.1) is 0 Å². The Morgan fingerprint density at radius 3 is 1.20 bits per heavy atom. The molecular formula is C55H37N. The van der Waals surface area contributed by atoms with E-state index in [0.717, 1.165) is 17.1 Å². The molecule has 0 heterocycles. The van der Waals surface area contributed by atoms with Gasteiger partial charge >= 0.3 is 0 Å². The van der Waals surface area contributed by atoms with Crippen molar-refractivity contribution >= 4 is 17.1 Å². The molecule has 2 aliphatic carbocycles. The van der Waals surface area contributed by atoms with Gasteiger partial charge in [-0.3, -0.25) is 0 Å². The first kappa shape index (κ1) is 32.2. The highest BCUT2D eigenvalue weighted by atomic mass is 15.1. The highest BCUT2D eigenvalue weighted by molar-refractivity contribution is 6.02. The fourth-order valence-electron chi connectivity index (χ4n) is 9.46. The molecule has 9 aromatic rings. The van der Waals surface area contributed by atoms with Gasteiger partial charge in [-0.1, -0.05) is 188 Å². The van der Waals surface area contributed by atoms with Gasteiger partial charge in [0.2, 0.25) is 0 Å². The van der Waals surface area contributed by atoms with Crippen molar-refractivity contribution in [3.05, 3.63) is 247 Å². The highest BCUT2D eigenvalue weighted by Gasteiger charge is 2.52. The largest absolute Gasteiger partial charge is 0.310 e. The first-order valence-electron chi connectivity index (χ1n) is 19.4. The van der Waals surface area contributed by atoms with E-state index in [2.05, 4.69) is 229 Å². The lowest BCUT2D eigenvalue weighted by molar-refractivity contribution is 0.794. The van der Waals surface area contributed by atoms with Gasteiger partial charge in [-0.05, 0) is 109 Å². The van der Waals surface area contributed by atoms with Crippen molar-refractivity contribution in [3.63, 3.8) is 0 Å². The molecule has 9 aromatic carbocycles. The first-order chi connectivity index (χ1) is 27.8. The SMILES string of the molecule is c1ccc(-c2ccc(N(c3ccc(-c4ccccc4)cc3)c3cccc4c3-c3ccc(-c5ccccc5)cc3C43c4ccccc4-c4ccccc43)cc2)cc1. The smallest absolute Gasteiger partial charge is 0.0726 e. The van der Waals surface area contributed by atoms with Crippen LogP contribution in [0.25, 0.3) is 55.6 Å². The summed E-state index contributed by atoms with van der Waals surface area (Å²) in [5.74, 6) is 0. The maximum atomic E-state index is 2.47. The van der Waals surface area contributed by atoms with E-state index in [1.807, 2.05) is 0 Å². The van der Waals surface area contributed by atoms with E-state index in [9.17, 15) is 0 Å². The maximum absolute atomic E-state index is 2.47. The molecule has 1 nitrogen and oxygen atoms in total. The molecule has 0 saturated heterocycles. The first-order valence-corrected chi connectivity index (χ1v) is 19.4. The average molecular weight is 712 g/mol. The second-order valence-electron chi connectivity index (χ2n) is 14.8. The fraction of sp³-hybridized carbons (Fsp3) is 0.0182. The van der Waals surface area contributed by atoms with E-state index in [4.69, 9.17) is 0 Å². The van der Waals surface area contributed by atoms with E-state index < -0.39 is 5.41 Å². The molecule has 0 unspecified atom stereocenters. The number of rotatable bonds is 6. The summed E-state index contributed by atoms with van der Waals surface area (Å²) in [6, 6.07) is 82.5. The van der Waals surface area contributed by atoms with Gasteiger partial charge in [-0.15, -0.1) is 0 Å². The van der Waals surface area contributed by atoms with Crippen LogP contribution in [0.15, 0.2) is 224 Å². The molecule has 2 aliphatic rings. The molecule has 0 N–H and O–H groups in total. The average Bonchev–Trinajstić information content (AvgIpc) is 3.75. The van der Waals surface area contributed by atoms with Crippen LogP contribution in [0.5, 0.6) is 0 Å². The van der Waals surface area contributed by atoms with Crippen LogP contribution < -0.4 is 4.90 Å². The zero-order chi connectivity index (χ0) is 37.1. The van der Waals surface area contributed by atoms with Crippen LogP contribution in [0.3, 0.4) is 0 Å². The number of hydrogen-bond donors (Lipinski definition) is 0. The van der Waals surface area contributed by atoms with Crippen molar-refractivity contribution in [1.82, 2.24) is 0 Å². The number of fused-ring (bicyclic) bond motifs is 10. The molecule has 0 bridgehead atoms. The van der Waals surface area contributed by atoms with Crippen LogP contribution in [0.2, 0.25) is 0 Å². The van der Waals surface area contributed by atoms with Crippen molar-refractivity contribution in [1.29, 1.82) is 0 Å². The third-order valence-corrected chi connectivity index (χ3v) is 11.9. The summed E-state index contributed by atoms with van der Waals surface area (Å²) in [5.41, 5.74) is 20.7. The third kappa shape index (κ3) is 4.88. The third-order valence-electron chi connectivity index (χ3n) is 11.9. The fourth-order valence-corrected chi connectivity index (χ4v) is 9.46. The van der Waals surface area contributed by atoms with E-state index in [0.29, 0.717) is 0 Å². The second-order valence-corrected chi connectivity index (χ2v) is 14.8. The lowest BCUT2D eigenvalue weighted by Gasteiger charge is -2.32. The molecule has 0 saturated carbocycles. The van der Waals surface area contributed by atoms with E-state index >= 15 is 0 Å². The lowest BCUT2D eigenvalue weighted by atomic mass is 9.70. The van der Waals surface area contributed by atoms with E-state index in [1.165, 1.54) is 77.9 Å². The van der Waals surface area contributed by atoms with Gasteiger partial charge in [-0.2, -0.15) is 0 Å². The van der Waals surface area contributed by atoms with E-state index in [1.54, 1.807) is 0 Å². The van der Waals surface area contributed by atoms with Crippen molar-refractivity contribution in [2.24, 2.45) is 0 Å². The molecule has 1 heteroatoms. The van der Waals surface area contributed by atoms with Crippen molar-refractivity contribution in [3.8, 4) is 55.6 Å². The Bertz CT molecular complexity index is 2750. The lowest BCUT2D eigenvalue weighted by Crippen LogP contribution is -2.26. The van der Waals surface area contributed by atoms with Crippen LogP contribution >= 0.6 is 0 Å². The standard InChI is InChI=1S/C55H37N/c1-4-15-38(16-5-1)41-27-32-44(33-28-41)56(45-34-29-42(30-35-45)39-17-6-2-7-18-39)53-26-14-25-51-54(53)48-36-31-43(40-19-8-3-9-20-40)37-52(48)55(51)49-23-12-10-21-46(49)47-22-11-13-24-50(47)55/h1-37H. The molecule has 0 amide bonds. The van der Waals surface area contributed by atoms with Crippen LogP contribution in [-0.2, 0) is 5.41 Å². The molecule has 0 aliphatic heterocycles. The van der Waals surface area contributed by atoms with Crippen LogP contribution in [0.1, 0.15) is 22.3 Å². The summed E-state index contributed by atoms with van der Waals surface area (Å²) in [5, 5.41) is 0. The van der Waals surface area contributed by atoms with Gasteiger partial charge in [0.1, 0.15) is 0 Å². The van der Waals surface area contributed by atoms with Crippen molar-refractivity contribution < 1.29 is 0 Å². The molecule has 0 radical (unpaired) electrons. The van der Waals surface area contributed by atoms with Gasteiger partial charge in [0.25, 0.3) is 0 Å². The van der Waals surface area contributed by atoms with E-state index in [-0.39, 0.29) is 0 Å². The number of nitrogens with zero attached hydrogens (tertiary/aromatic N) is 1. The molecule has 11 rings (SSSR count). The monoisotopic (exact) mass is 711 g/mol. The van der Waals surface area contributed by atoms with Gasteiger partial charge in [0.05, 0.1) is 11.1 Å². The predicted molar refractivity (Wildman–Crippen MR) is 234 cm³/mol. The Labute approximate surface area is 328 Å². The van der Waals surface area contributed by atoms with Crippen LogP contribution in [0.4, 0.5) is 17.1 Å². The van der Waals surface area contributed by atoms with Crippen LogP contribution in [-0.4, -0.2) is 0 Å².